The van der Waals surface area contributed by atoms with Crippen molar-refractivity contribution >= 4 is 29.3 Å². The van der Waals surface area contributed by atoms with E-state index in [1.165, 1.54) is 31.1 Å². The highest BCUT2D eigenvalue weighted by Crippen LogP contribution is 2.18. The number of hydrogen-bond acceptors (Lipinski definition) is 6. The van der Waals surface area contributed by atoms with Gasteiger partial charge in [0.2, 0.25) is 17.7 Å². The summed E-state index contributed by atoms with van der Waals surface area (Å²) in [6.45, 7) is 10.6. The average molecular weight is 560 g/mol. The number of amides is 4. The average Bonchev–Trinajstić information content (AvgIpc) is 3.42. The number of nitrogens with one attached hydrogen (secondary N) is 3. The topological polar surface area (TPSA) is 129 Å². The van der Waals surface area contributed by atoms with Crippen LogP contribution in [-0.4, -0.2) is 88.8 Å². The van der Waals surface area contributed by atoms with Gasteiger partial charge in [0.1, 0.15) is 17.6 Å². The van der Waals surface area contributed by atoms with Crippen LogP contribution < -0.4 is 16.0 Å². The lowest BCUT2D eigenvalue weighted by molar-refractivity contribution is -0.137. The highest BCUT2D eigenvalue weighted by molar-refractivity contribution is 5.98. The van der Waals surface area contributed by atoms with Gasteiger partial charge in [-0.25, -0.2) is 9.37 Å². The Bertz CT molecular complexity index is 1150. The first-order valence-electron chi connectivity index (χ1n) is 13.8. The van der Waals surface area contributed by atoms with Crippen LogP contribution in [-0.2, 0) is 27.3 Å². The van der Waals surface area contributed by atoms with Crippen molar-refractivity contribution in [2.45, 2.75) is 59.5 Å². The number of carbonyl (C=O) groups excluding carboxylic acids is 4. The highest BCUT2D eigenvalue weighted by Gasteiger charge is 2.28. The lowest BCUT2D eigenvalue weighted by Crippen LogP contribution is -2.54. The second kappa shape index (κ2) is 16.3. The van der Waals surface area contributed by atoms with Crippen molar-refractivity contribution in [2.24, 2.45) is 0 Å². The van der Waals surface area contributed by atoms with Gasteiger partial charge in [-0.3, -0.25) is 19.2 Å². The molecule has 1 unspecified atom stereocenters. The molecule has 0 radical (unpaired) electrons. The fourth-order valence-corrected chi connectivity index (χ4v) is 3.97. The number of nitrogens with zero attached hydrogens (tertiary/aromatic N) is 4. The molecular weight excluding hydrogens is 517 g/mol. The highest BCUT2D eigenvalue weighted by atomic mass is 19.1. The van der Waals surface area contributed by atoms with Crippen LogP contribution in [0, 0.1) is 5.82 Å². The van der Waals surface area contributed by atoms with Crippen molar-refractivity contribution < 1.29 is 23.6 Å². The molecule has 3 N–H and O–H groups in total. The Morgan fingerprint density at radius 2 is 1.70 bits per heavy atom. The normalized spacial score (nSPS) is 14.0. The lowest BCUT2D eigenvalue weighted by Gasteiger charge is -2.34. The molecule has 0 saturated carbocycles. The number of benzene rings is 1. The number of piperazine rings is 1. The monoisotopic (exact) mass is 559 g/mol. The molecule has 0 bridgehead atoms. The van der Waals surface area contributed by atoms with Crippen molar-refractivity contribution in [3.05, 3.63) is 47.8 Å². The summed E-state index contributed by atoms with van der Waals surface area (Å²) in [7, 11) is 1.98. The van der Waals surface area contributed by atoms with E-state index in [4.69, 9.17) is 0 Å². The van der Waals surface area contributed by atoms with Crippen LogP contribution in [0.25, 0.3) is 0 Å². The second-order valence-corrected chi connectivity index (χ2v) is 9.62. The molecule has 12 heteroatoms. The van der Waals surface area contributed by atoms with E-state index in [0.29, 0.717) is 30.9 Å². The van der Waals surface area contributed by atoms with E-state index in [1.807, 2.05) is 14.0 Å². The molecular formula is C28H42FN7O4. The summed E-state index contributed by atoms with van der Waals surface area (Å²) in [6, 6.07) is 3.41. The van der Waals surface area contributed by atoms with Gasteiger partial charge in [-0.2, -0.15) is 0 Å². The van der Waals surface area contributed by atoms with Gasteiger partial charge >= 0.3 is 0 Å². The van der Waals surface area contributed by atoms with Crippen LogP contribution in [0.2, 0.25) is 0 Å². The summed E-state index contributed by atoms with van der Waals surface area (Å²) >= 11 is 0. The summed E-state index contributed by atoms with van der Waals surface area (Å²) < 4.78 is 16.4. The van der Waals surface area contributed by atoms with E-state index >= 15 is 0 Å². The van der Waals surface area contributed by atoms with Gasteiger partial charge in [0, 0.05) is 45.6 Å². The van der Waals surface area contributed by atoms with Gasteiger partial charge in [0.15, 0.2) is 0 Å². The Hall–Kier alpha value is -3.80. The third-order valence-electron chi connectivity index (χ3n) is 6.21. The number of carbonyl (C=O) groups is 4. The molecule has 1 aromatic heterocycles. The number of likely N-dealkylation sites (N-methyl/N-ethyl adjacent to an activating group) is 1. The van der Waals surface area contributed by atoms with Crippen LogP contribution in [0.5, 0.6) is 0 Å². The van der Waals surface area contributed by atoms with Gasteiger partial charge in [-0.05, 0) is 31.7 Å². The van der Waals surface area contributed by atoms with Crippen molar-refractivity contribution in [1.29, 1.82) is 0 Å². The Balaban J connectivity index is 0.00000178. The number of rotatable bonds is 10. The van der Waals surface area contributed by atoms with Gasteiger partial charge in [0.25, 0.3) is 5.91 Å². The first-order chi connectivity index (χ1) is 19.1. The first kappa shape index (κ1) is 32.4. The zero-order valence-corrected chi connectivity index (χ0v) is 24.1. The number of anilines is 1. The summed E-state index contributed by atoms with van der Waals surface area (Å²) in [5.41, 5.74) is 0.767. The molecule has 11 nitrogen and oxygen atoms in total. The number of aromatic nitrogens is 2. The molecule has 4 amide bonds. The molecule has 40 heavy (non-hydrogen) atoms. The van der Waals surface area contributed by atoms with Crippen LogP contribution in [0.4, 0.5) is 10.1 Å². The zero-order chi connectivity index (χ0) is 29.7. The molecule has 1 aliphatic rings. The molecule has 1 fully saturated rings. The second-order valence-electron chi connectivity index (χ2n) is 9.62. The Morgan fingerprint density at radius 1 is 1.02 bits per heavy atom. The minimum atomic E-state index is -0.817. The third-order valence-corrected chi connectivity index (χ3v) is 6.21. The Kier molecular flexibility index (Phi) is 13.2. The predicted octanol–water partition coefficient (Wildman–Crippen LogP) is 2.04. The van der Waals surface area contributed by atoms with E-state index in [1.54, 1.807) is 22.5 Å². The third kappa shape index (κ3) is 9.74. The quantitative estimate of drug-likeness (QED) is 0.409. The largest absolute Gasteiger partial charge is 0.344 e. The number of aryl methyl sites for hydroxylation is 1. The van der Waals surface area contributed by atoms with E-state index < -0.39 is 23.7 Å². The predicted molar refractivity (Wildman–Crippen MR) is 151 cm³/mol. The molecule has 0 aliphatic carbocycles. The molecule has 2 heterocycles. The first-order valence-corrected chi connectivity index (χ1v) is 13.8. The zero-order valence-electron chi connectivity index (χ0n) is 24.1. The van der Waals surface area contributed by atoms with Crippen molar-refractivity contribution in [2.75, 3.05) is 45.1 Å². The standard InChI is InChI=1S/C25H34FN7O4.C3H8/c1-4-22(34)30-20(25(37)33-10-8-31(3)9-11-33)13-17-6-7-19(18(26)12-17)29-23(35)15-28-24(36)21-14-27-16-32(21)5-2;1-3-2/h6-7,12,14,16,20H,4-5,8-11,13,15H2,1-3H3,(H,28,36)(H,29,35)(H,30,34);3H2,1-2H3. The van der Waals surface area contributed by atoms with Gasteiger partial charge < -0.3 is 30.3 Å². The van der Waals surface area contributed by atoms with E-state index in [-0.39, 0.29) is 36.9 Å². The van der Waals surface area contributed by atoms with Crippen molar-refractivity contribution in [3.63, 3.8) is 0 Å². The molecule has 1 aliphatic heterocycles. The van der Waals surface area contributed by atoms with Crippen LogP contribution in [0.3, 0.4) is 0 Å². The maximum absolute atomic E-state index is 14.8. The van der Waals surface area contributed by atoms with Crippen molar-refractivity contribution in [1.82, 2.24) is 30.0 Å². The number of imidazole rings is 1. The maximum Gasteiger partial charge on any atom is 0.269 e. The minimum Gasteiger partial charge on any atom is -0.344 e. The Labute approximate surface area is 235 Å². The van der Waals surface area contributed by atoms with Gasteiger partial charge in [-0.1, -0.05) is 33.3 Å². The molecule has 2 aromatic rings. The van der Waals surface area contributed by atoms with Crippen LogP contribution >= 0.6 is 0 Å². The fraction of sp³-hybridized carbons (Fsp3) is 0.536. The summed E-state index contributed by atoms with van der Waals surface area (Å²) in [6.07, 6.45) is 4.51. The molecule has 0 spiro atoms. The number of hydrogen-bond donors (Lipinski definition) is 3. The summed E-state index contributed by atoms with van der Waals surface area (Å²) in [5.74, 6) is -2.21. The van der Waals surface area contributed by atoms with Crippen LogP contribution in [0.15, 0.2) is 30.7 Å². The van der Waals surface area contributed by atoms with E-state index in [2.05, 4.69) is 39.7 Å². The maximum atomic E-state index is 14.8. The Morgan fingerprint density at radius 3 is 2.30 bits per heavy atom. The molecule has 1 saturated heterocycles. The molecule has 220 valence electrons. The number of halogens is 1. The van der Waals surface area contributed by atoms with E-state index in [9.17, 15) is 23.6 Å². The smallest absolute Gasteiger partial charge is 0.269 e. The molecule has 1 aromatic carbocycles. The minimum absolute atomic E-state index is 0.0545. The summed E-state index contributed by atoms with van der Waals surface area (Å²) in [5, 5.41) is 7.68. The fourth-order valence-electron chi connectivity index (χ4n) is 3.97. The summed E-state index contributed by atoms with van der Waals surface area (Å²) in [4.78, 5) is 57.5. The lowest BCUT2D eigenvalue weighted by atomic mass is 10.0. The van der Waals surface area contributed by atoms with Crippen LogP contribution in [0.1, 0.15) is 56.6 Å². The van der Waals surface area contributed by atoms with Gasteiger partial charge in [-0.15, -0.1) is 0 Å². The van der Waals surface area contributed by atoms with Gasteiger partial charge in [0.05, 0.1) is 24.8 Å². The van der Waals surface area contributed by atoms with Crippen molar-refractivity contribution in [3.8, 4) is 0 Å². The molecule has 3 rings (SSSR count). The molecule has 1 atom stereocenters. The SMILES string of the molecule is CCC.CCC(=O)NC(Cc1ccc(NC(=O)CNC(=O)c2cncn2CC)c(F)c1)C(=O)N1CCN(C)CC1. The van der Waals surface area contributed by atoms with E-state index in [0.717, 1.165) is 13.1 Å².